The van der Waals surface area contributed by atoms with E-state index in [1.807, 2.05) is 0 Å². The minimum atomic E-state index is -5.32. The van der Waals surface area contributed by atoms with E-state index in [4.69, 9.17) is 0 Å². The van der Waals surface area contributed by atoms with E-state index >= 15 is 0 Å². The highest BCUT2D eigenvalue weighted by Gasteiger charge is 2.68. The Morgan fingerprint density at radius 3 is 1.93 bits per heavy atom. The molecule has 0 aromatic heterocycles. The molecule has 1 rings (SSSR count). The molecule has 0 radical (unpaired) electrons. The highest BCUT2D eigenvalue weighted by Crippen LogP contribution is 2.47. The smallest absolute Gasteiger partial charge is 0.371 e. The summed E-state index contributed by atoms with van der Waals surface area (Å²) < 4.78 is 80.0. The monoisotopic (exact) mass is 236 g/mol. The summed E-state index contributed by atoms with van der Waals surface area (Å²) in [4.78, 5) is 0. The van der Waals surface area contributed by atoms with Crippen molar-refractivity contribution in [1.29, 1.82) is 0 Å². The van der Waals surface area contributed by atoms with Gasteiger partial charge in [0.25, 0.3) is 0 Å². The van der Waals surface area contributed by atoms with Gasteiger partial charge < -0.3 is 4.74 Å². The third kappa shape index (κ3) is 2.56. The number of hydrogen-bond donors (Lipinski definition) is 0. The summed E-state index contributed by atoms with van der Waals surface area (Å²) in [5.74, 6) is -14.8. The SMILES string of the molecule is CC(F)(F)C(F)(F)C(F)(F)CCC1CO1. The second-order valence-corrected chi connectivity index (χ2v) is 3.66. The normalized spacial score (nSPS) is 23.0. The van der Waals surface area contributed by atoms with Crippen LogP contribution in [0, 0.1) is 0 Å². The Kier molecular flexibility index (Phi) is 2.97. The zero-order valence-corrected chi connectivity index (χ0v) is 7.87. The lowest BCUT2D eigenvalue weighted by atomic mass is 10.0. The fraction of sp³-hybridized carbons (Fsp3) is 1.00. The van der Waals surface area contributed by atoms with E-state index in [0.717, 1.165) is 0 Å². The quantitative estimate of drug-likeness (QED) is 0.527. The Labute approximate surface area is 82.4 Å². The van der Waals surface area contributed by atoms with Crippen LogP contribution in [-0.4, -0.2) is 30.5 Å². The van der Waals surface area contributed by atoms with Crippen molar-refractivity contribution in [3.63, 3.8) is 0 Å². The molecule has 7 heteroatoms. The second kappa shape index (κ2) is 3.54. The van der Waals surface area contributed by atoms with Gasteiger partial charge in [-0.05, 0) is 6.42 Å². The molecule has 15 heavy (non-hydrogen) atoms. The van der Waals surface area contributed by atoms with Gasteiger partial charge in [-0.15, -0.1) is 0 Å². The van der Waals surface area contributed by atoms with Crippen molar-refractivity contribution < 1.29 is 31.1 Å². The molecule has 90 valence electrons. The lowest BCUT2D eigenvalue weighted by Crippen LogP contribution is -2.52. The summed E-state index contributed by atoms with van der Waals surface area (Å²) in [6, 6.07) is 0. The third-order valence-corrected chi connectivity index (χ3v) is 2.19. The lowest BCUT2D eigenvalue weighted by molar-refractivity contribution is -0.304. The molecule has 0 spiro atoms. The van der Waals surface area contributed by atoms with Gasteiger partial charge in [0.15, 0.2) is 0 Å². The highest BCUT2D eigenvalue weighted by molar-refractivity contribution is 4.94. The van der Waals surface area contributed by atoms with Crippen LogP contribution in [0.1, 0.15) is 19.8 Å². The van der Waals surface area contributed by atoms with E-state index in [2.05, 4.69) is 4.74 Å². The minimum absolute atomic E-state index is 0.214. The summed E-state index contributed by atoms with van der Waals surface area (Å²) >= 11 is 0. The van der Waals surface area contributed by atoms with Gasteiger partial charge in [-0.3, -0.25) is 0 Å². The molecule has 0 N–H and O–H groups in total. The highest BCUT2D eigenvalue weighted by atomic mass is 19.3. The second-order valence-electron chi connectivity index (χ2n) is 3.66. The first-order valence-electron chi connectivity index (χ1n) is 4.33. The van der Waals surface area contributed by atoms with Crippen molar-refractivity contribution in [3.8, 4) is 0 Å². The molecule has 1 atom stereocenters. The van der Waals surface area contributed by atoms with Crippen molar-refractivity contribution >= 4 is 0 Å². The van der Waals surface area contributed by atoms with Crippen LogP contribution < -0.4 is 0 Å². The minimum Gasteiger partial charge on any atom is -0.373 e. The van der Waals surface area contributed by atoms with Gasteiger partial charge in [-0.25, -0.2) is 0 Å². The van der Waals surface area contributed by atoms with Crippen LogP contribution in [0.2, 0.25) is 0 Å². The topological polar surface area (TPSA) is 12.5 Å². The molecule has 0 bridgehead atoms. The van der Waals surface area contributed by atoms with E-state index < -0.39 is 30.3 Å². The van der Waals surface area contributed by atoms with E-state index in [9.17, 15) is 26.3 Å². The molecule has 1 nitrogen and oxygen atoms in total. The Balaban J connectivity index is 2.64. The molecule has 0 amide bonds. The van der Waals surface area contributed by atoms with Crippen LogP contribution in [-0.2, 0) is 4.74 Å². The number of alkyl halides is 6. The maximum absolute atomic E-state index is 12.8. The predicted molar refractivity (Wildman–Crippen MR) is 39.5 cm³/mol. The summed E-state index contributed by atoms with van der Waals surface area (Å²) in [6.07, 6.45) is -2.12. The van der Waals surface area contributed by atoms with Gasteiger partial charge in [0, 0.05) is 13.3 Å². The van der Waals surface area contributed by atoms with E-state index in [1.54, 1.807) is 0 Å². The van der Waals surface area contributed by atoms with Crippen molar-refractivity contribution in [1.82, 2.24) is 0 Å². The average Bonchev–Trinajstić information content (AvgIpc) is 2.81. The Morgan fingerprint density at radius 1 is 1.13 bits per heavy atom. The molecule has 1 fully saturated rings. The lowest BCUT2D eigenvalue weighted by Gasteiger charge is -2.30. The molecule has 1 heterocycles. The van der Waals surface area contributed by atoms with Gasteiger partial charge in [-0.1, -0.05) is 0 Å². The number of rotatable bonds is 5. The summed E-state index contributed by atoms with van der Waals surface area (Å²) in [5, 5.41) is 0. The molecule has 1 aliphatic rings. The van der Waals surface area contributed by atoms with Crippen LogP contribution >= 0.6 is 0 Å². The fourth-order valence-electron chi connectivity index (χ4n) is 1.06. The molecule has 1 aliphatic heterocycles. The molecule has 0 aromatic carbocycles. The summed E-state index contributed by atoms with van der Waals surface area (Å²) in [6.45, 7) is 0.0126. The first-order chi connectivity index (χ1) is 6.58. The first kappa shape index (κ1) is 12.6. The Morgan fingerprint density at radius 2 is 1.60 bits per heavy atom. The van der Waals surface area contributed by atoms with Crippen LogP contribution in [0.15, 0.2) is 0 Å². The zero-order valence-electron chi connectivity index (χ0n) is 7.87. The van der Waals surface area contributed by atoms with Crippen molar-refractivity contribution in [2.75, 3.05) is 6.61 Å². The number of hydrogen-bond acceptors (Lipinski definition) is 1. The standard InChI is InChI=1S/C8H10F6O/c1-6(9,10)8(13,14)7(11,12)3-2-5-4-15-5/h5H,2-4H2,1H3. The van der Waals surface area contributed by atoms with Gasteiger partial charge in [-0.2, -0.15) is 26.3 Å². The van der Waals surface area contributed by atoms with E-state index in [-0.39, 0.29) is 20.0 Å². The first-order valence-corrected chi connectivity index (χ1v) is 4.33. The van der Waals surface area contributed by atoms with Crippen LogP contribution in [0.4, 0.5) is 26.3 Å². The predicted octanol–water partition coefficient (Wildman–Crippen LogP) is 3.09. The molecule has 1 saturated heterocycles. The molecule has 0 aromatic rings. The summed E-state index contributed by atoms with van der Waals surface area (Å²) in [7, 11) is 0. The van der Waals surface area contributed by atoms with Crippen molar-refractivity contribution in [3.05, 3.63) is 0 Å². The molecule has 0 aliphatic carbocycles. The number of ether oxygens (including phenoxy) is 1. The van der Waals surface area contributed by atoms with Crippen LogP contribution in [0.25, 0.3) is 0 Å². The van der Waals surface area contributed by atoms with E-state index in [1.165, 1.54) is 0 Å². The van der Waals surface area contributed by atoms with Gasteiger partial charge in [0.1, 0.15) is 0 Å². The number of halogens is 6. The average molecular weight is 236 g/mol. The Hall–Kier alpha value is -0.460. The molecular weight excluding hydrogens is 226 g/mol. The Bertz CT molecular complexity index is 230. The van der Waals surface area contributed by atoms with Gasteiger partial charge >= 0.3 is 17.8 Å². The maximum Gasteiger partial charge on any atom is 0.371 e. The summed E-state index contributed by atoms with van der Waals surface area (Å²) in [5.41, 5.74) is 0. The fourth-order valence-corrected chi connectivity index (χ4v) is 1.06. The van der Waals surface area contributed by atoms with Crippen LogP contribution in [0.3, 0.4) is 0 Å². The molecule has 0 saturated carbocycles. The number of epoxide rings is 1. The van der Waals surface area contributed by atoms with Crippen LogP contribution in [0.5, 0.6) is 0 Å². The largest absolute Gasteiger partial charge is 0.373 e. The zero-order chi connectivity index (χ0) is 11.9. The molecular formula is C8H10F6O. The third-order valence-electron chi connectivity index (χ3n) is 2.19. The molecule has 1 unspecified atom stereocenters. The van der Waals surface area contributed by atoms with Crippen molar-refractivity contribution in [2.45, 2.75) is 43.6 Å². The van der Waals surface area contributed by atoms with Gasteiger partial charge in [0.05, 0.1) is 12.7 Å². The van der Waals surface area contributed by atoms with Gasteiger partial charge in [0.2, 0.25) is 0 Å². The maximum atomic E-state index is 12.8. The van der Waals surface area contributed by atoms with Crippen molar-refractivity contribution in [2.24, 2.45) is 0 Å². The van der Waals surface area contributed by atoms with E-state index in [0.29, 0.717) is 0 Å².